The fraction of sp³-hybridized carbons (Fsp3) is 0. The zero-order chi connectivity index (χ0) is 52.7. The third-order valence-corrected chi connectivity index (χ3v) is 15.8. The zero-order valence-corrected chi connectivity index (χ0v) is 42.7. The molecule has 0 fully saturated rings. The molecule has 8 heterocycles. The van der Waals surface area contributed by atoms with Crippen molar-refractivity contribution in [3.63, 3.8) is 0 Å². The molecule has 0 aliphatic heterocycles. The van der Waals surface area contributed by atoms with Gasteiger partial charge in [0.1, 0.15) is 0 Å². The maximum atomic E-state index is 4.51. The Labute approximate surface area is 455 Å². The average Bonchev–Trinajstić information content (AvgIpc) is 3.61. The van der Waals surface area contributed by atoms with Gasteiger partial charge in [-0.1, -0.05) is 152 Å². The first-order valence-electron chi connectivity index (χ1n) is 26.5. The van der Waals surface area contributed by atoms with Crippen LogP contribution in [0.5, 0.6) is 0 Å². The van der Waals surface area contributed by atoms with Crippen molar-refractivity contribution in [1.82, 2.24) is 45.1 Å². The third-order valence-electron chi connectivity index (χ3n) is 15.8. The van der Waals surface area contributed by atoms with Crippen molar-refractivity contribution >= 4 is 162 Å². The minimum atomic E-state index is 0.974. The van der Waals surface area contributed by atoms with E-state index in [1.807, 2.05) is 80.3 Å². The number of aromatic nitrogens is 9. The molecule has 8 aromatic heterocycles. The molecule has 0 unspecified atom stereocenters. The Morgan fingerprint density at radius 1 is 0.175 bits per heavy atom. The second-order valence-electron chi connectivity index (χ2n) is 20.3. The summed E-state index contributed by atoms with van der Waals surface area (Å²) < 4.78 is 0. The summed E-state index contributed by atoms with van der Waals surface area (Å²) in [5, 5.41) is 39.2. The van der Waals surface area contributed by atoms with Crippen LogP contribution in [0.25, 0.3) is 162 Å². The summed E-state index contributed by atoms with van der Waals surface area (Å²) in [5.74, 6) is 0. The lowest BCUT2D eigenvalue weighted by Crippen LogP contribution is -1.87. The molecular formula is C71H41N9. The van der Waals surface area contributed by atoms with E-state index in [-0.39, 0.29) is 0 Å². The molecule has 0 saturated heterocycles. The summed E-state index contributed by atoms with van der Waals surface area (Å²) in [5.41, 5.74) is 5.15. The van der Waals surface area contributed by atoms with Gasteiger partial charge in [-0.25, -0.2) is 0 Å². The molecule has 0 atom stereocenters. The van der Waals surface area contributed by atoms with Gasteiger partial charge in [-0.2, -0.15) is 10.2 Å². The van der Waals surface area contributed by atoms with Crippen molar-refractivity contribution in [2.24, 2.45) is 0 Å². The summed E-state index contributed by atoms with van der Waals surface area (Å²) in [6.07, 6.45) is 20.8. The topological polar surface area (TPSA) is 116 Å². The normalized spacial score (nSPS) is 11.8. The van der Waals surface area contributed by atoms with E-state index in [4.69, 9.17) is 0 Å². The number of hydrogen-bond acceptors (Lipinski definition) is 9. The maximum absolute atomic E-state index is 4.51. The van der Waals surface area contributed by atoms with E-state index in [1.165, 1.54) is 118 Å². The van der Waals surface area contributed by atoms with Crippen LogP contribution in [-0.2, 0) is 0 Å². The Hall–Kier alpha value is -11.0. The highest BCUT2D eigenvalue weighted by Gasteiger charge is 2.13. The summed E-state index contributed by atoms with van der Waals surface area (Å²) in [6.45, 7) is 0. The van der Waals surface area contributed by atoms with Crippen LogP contribution in [0.2, 0.25) is 0 Å². The van der Waals surface area contributed by atoms with Gasteiger partial charge < -0.3 is 0 Å². The summed E-state index contributed by atoms with van der Waals surface area (Å²) in [4.78, 5) is 30.5. The number of nitrogens with zero attached hydrogens (tertiary/aromatic N) is 9. The Balaban J connectivity index is 0.0000000830. The smallest absolute Gasteiger partial charge is 0.0942 e. The van der Waals surface area contributed by atoms with E-state index >= 15 is 0 Å². The Kier molecular flexibility index (Phi) is 10.4. The van der Waals surface area contributed by atoms with Gasteiger partial charge in [0.05, 0.1) is 40.0 Å². The molecule has 0 spiro atoms. The number of benzene rings is 12. The lowest BCUT2D eigenvalue weighted by molar-refractivity contribution is 1.09. The van der Waals surface area contributed by atoms with Crippen molar-refractivity contribution in [3.05, 3.63) is 250 Å². The zero-order valence-electron chi connectivity index (χ0n) is 42.7. The molecule has 20 rings (SSSR count). The molecule has 0 bridgehead atoms. The lowest BCUT2D eigenvalue weighted by atomic mass is 9.98. The highest BCUT2D eigenvalue weighted by Crippen LogP contribution is 2.37. The second kappa shape index (κ2) is 18.3. The largest absolute Gasteiger partial charge is 0.263 e. The molecule has 0 radical (unpaired) electrons. The van der Waals surface area contributed by atoms with E-state index in [9.17, 15) is 0 Å². The minimum Gasteiger partial charge on any atom is -0.263 e. The molecular weight excluding hydrogens is 979 g/mol. The van der Waals surface area contributed by atoms with Crippen LogP contribution in [-0.4, -0.2) is 45.1 Å². The molecule has 0 N–H and O–H groups in total. The summed E-state index contributed by atoms with van der Waals surface area (Å²) in [6, 6.07) is 63.3. The van der Waals surface area contributed by atoms with Crippen molar-refractivity contribution in [1.29, 1.82) is 0 Å². The van der Waals surface area contributed by atoms with E-state index in [0.717, 1.165) is 43.7 Å². The molecule has 80 heavy (non-hydrogen) atoms. The third kappa shape index (κ3) is 7.36. The van der Waals surface area contributed by atoms with Crippen LogP contribution < -0.4 is 0 Å². The van der Waals surface area contributed by atoms with Crippen LogP contribution in [0.4, 0.5) is 0 Å². The fourth-order valence-electron chi connectivity index (χ4n) is 12.2. The van der Waals surface area contributed by atoms with E-state index in [2.05, 4.69) is 215 Å². The van der Waals surface area contributed by atoms with Crippen LogP contribution >= 0.6 is 0 Å². The molecule has 20 aromatic rings. The highest BCUT2D eigenvalue weighted by atomic mass is 15.1. The van der Waals surface area contributed by atoms with Gasteiger partial charge in [0, 0.05) is 147 Å². The van der Waals surface area contributed by atoms with Gasteiger partial charge in [-0.15, -0.1) is 0 Å². The van der Waals surface area contributed by atoms with E-state index in [1.54, 1.807) is 0 Å². The Morgan fingerprint density at radius 3 is 1.04 bits per heavy atom. The van der Waals surface area contributed by atoms with E-state index in [0.29, 0.717) is 0 Å². The summed E-state index contributed by atoms with van der Waals surface area (Å²) >= 11 is 0. The first kappa shape index (κ1) is 45.2. The molecule has 0 amide bonds. The highest BCUT2D eigenvalue weighted by molar-refractivity contribution is 6.25. The SMILES string of the molecule is c1cc2ccc3cccc4ncc(c1)c2c34.c1cc2ccc3cncc4ccc(n1)c2c34.c1cc2ccc3cncc4cnc(c1)c2c34.c1cc2ccc3cncc4ncc(c1)c2c34.c1cc2ccc3cnnc4ccc(c1)c2c34. The summed E-state index contributed by atoms with van der Waals surface area (Å²) in [7, 11) is 0. The average molecular weight is 1020 g/mol. The monoisotopic (exact) mass is 1020 g/mol. The van der Waals surface area contributed by atoms with Gasteiger partial charge >= 0.3 is 0 Å². The van der Waals surface area contributed by atoms with Crippen molar-refractivity contribution in [3.8, 4) is 0 Å². The van der Waals surface area contributed by atoms with Crippen LogP contribution in [0.3, 0.4) is 0 Å². The lowest BCUT2D eigenvalue weighted by Gasteiger charge is -2.08. The molecule has 9 nitrogen and oxygen atoms in total. The molecule has 0 aliphatic rings. The molecule has 9 heteroatoms. The standard InChI is InChI=1S/C15H9N.4C14H8N2/c1-3-10-7-8-11-4-2-6-13-15(11)14(10)12(5-1)9-16-13;1-2-10-7-15-8-11-3-4-12-14(13(10)11)9(1)5-6-16-12;1-2-9-4-5-10-6-15-7-11-8-16-12(3-1)14(9)13(10)11;1-2-9-4-5-11-6-15-8-12-14(11)13(9)10(3-1)7-16-12;1-2-9-4-5-11-8-15-16-12-7-6-10(3-1)13(9)14(11)12/h1-9H;4*1-8H. The number of hydrogen-bond donors (Lipinski definition) is 0. The van der Waals surface area contributed by atoms with Crippen molar-refractivity contribution < 1.29 is 0 Å². The second-order valence-corrected chi connectivity index (χ2v) is 20.3. The first-order chi connectivity index (χ1) is 39.7. The van der Waals surface area contributed by atoms with Gasteiger partial charge in [0.25, 0.3) is 0 Å². The van der Waals surface area contributed by atoms with Crippen LogP contribution in [0.1, 0.15) is 0 Å². The van der Waals surface area contributed by atoms with Crippen molar-refractivity contribution in [2.45, 2.75) is 0 Å². The van der Waals surface area contributed by atoms with E-state index < -0.39 is 0 Å². The molecule has 370 valence electrons. The van der Waals surface area contributed by atoms with Gasteiger partial charge in [-0.3, -0.25) is 34.9 Å². The predicted octanol–water partition coefficient (Wildman–Crippen LogP) is 17.5. The quantitative estimate of drug-likeness (QED) is 0.137. The predicted molar refractivity (Wildman–Crippen MR) is 331 cm³/mol. The molecule has 0 aliphatic carbocycles. The minimum absolute atomic E-state index is 0.974. The van der Waals surface area contributed by atoms with Gasteiger partial charge in [0.15, 0.2) is 0 Å². The fourth-order valence-corrected chi connectivity index (χ4v) is 12.2. The molecule has 0 saturated carbocycles. The molecule has 12 aromatic carbocycles. The van der Waals surface area contributed by atoms with Crippen molar-refractivity contribution in [2.75, 3.05) is 0 Å². The number of pyridine rings is 7. The van der Waals surface area contributed by atoms with Crippen LogP contribution in [0.15, 0.2) is 250 Å². The first-order valence-corrected chi connectivity index (χ1v) is 26.5. The Morgan fingerprint density at radius 2 is 0.475 bits per heavy atom. The number of rotatable bonds is 0. The van der Waals surface area contributed by atoms with Gasteiger partial charge in [0.2, 0.25) is 0 Å². The Bertz CT molecular complexity index is 4190. The van der Waals surface area contributed by atoms with Gasteiger partial charge in [-0.05, 0) is 73.4 Å². The van der Waals surface area contributed by atoms with Crippen LogP contribution in [0, 0.1) is 0 Å². The maximum Gasteiger partial charge on any atom is 0.0942 e.